The molecule has 2 aliphatic rings. The fourth-order valence-corrected chi connectivity index (χ4v) is 6.97. The van der Waals surface area contributed by atoms with Crippen molar-refractivity contribution in [2.75, 3.05) is 16.4 Å². The van der Waals surface area contributed by atoms with Gasteiger partial charge in [0.25, 0.3) is 0 Å². The zero-order chi connectivity index (χ0) is 16.8. The molecule has 0 N–H and O–H groups in total. The molecule has 2 aliphatic heterocycles. The molecule has 9 heteroatoms. The SMILES string of the molecule is CCC(=O)N=C1S[C@@H]2CS(=O)(=O)C[C@H]2N1c1ccc(Br)cc1F. The highest BCUT2D eigenvalue weighted by atomic mass is 79.9. The van der Waals surface area contributed by atoms with Crippen LogP contribution in [0.15, 0.2) is 27.7 Å². The summed E-state index contributed by atoms with van der Waals surface area (Å²) in [5, 5.41) is 0.148. The Balaban J connectivity index is 2.06. The Morgan fingerprint density at radius 2 is 2.22 bits per heavy atom. The molecule has 1 aromatic carbocycles. The Bertz CT molecular complexity index is 797. The van der Waals surface area contributed by atoms with Gasteiger partial charge in [0.1, 0.15) is 5.82 Å². The largest absolute Gasteiger partial charge is 0.313 e. The number of anilines is 1. The smallest absolute Gasteiger partial charge is 0.247 e. The van der Waals surface area contributed by atoms with Crippen LogP contribution < -0.4 is 4.90 Å². The van der Waals surface area contributed by atoms with Gasteiger partial charge in [0.2, 0.25) is 5.91 Å². The van der Waals surface area contributed by atoms with Crippen LogP contribution in [-0.4, -0.2) is 42.3 Å². The molecule has 0 bridgehead atoms. The molecule has 0 unspecified atom stereocenters. The molecule has 0 saturated carbocycles. The molecule has 23 heavy (non-hydrogen) atoms. The highest BCUT2D eigenvalue weighted by Crippen LogP contribution is 2.42. The third-order valence-corrected chi connectivity index (χ3v) is 7.46. The van der Waals surface area contributed by atoms with Gasteiger partial charge >= 0.3 is 0 Å². The zero-order valence-corrected chi connectivity index (χ0v) is 15.4. The van der Waals surface area contributed by atoms with Gasteiger partial charge in [-0.2, -0.15) is 4.99 Å². The van der Waals surface area contributed by atoms with Crippen molar-refractivity contribution < 1.29 is 17.6 Å². The van der Waals surface area contributed by atoms with Crippen LogP contribution in [0, 0.1) is 5.82 Å². The van der Waals surface area contributed by atoms with Crippen LogP contribution in [0.5, 0.6) is 0 Å². The molecule has 0 aliphatic carbocycles. The van der Waals surface area contributed by atoms with E-state index in [2.05, 4.69) is 20.9 Å². The molecule has 2 fully saturated rings. The molecule has 5 nitrogen and oxygen atoms in total. The number of amidine groups is 1. The van der Waals surface area contributed by atoms with E-state index in [9.17, 15) is 17.6 Å². The van der Waals surface area contributed by atoms with Gasteiger partial charge in [0, 0.05) is 16.1 Å². The maximum atomic E-state index is 14.4. The summed E-state index contributed by atoms with van der Waals surface area (Å²) in [6.07, 6.45) is 0.244. The second-order valence-electron chi connectivity index (χ2n) is 5.41. The Labute approximate surface area is 146 Å². The number of carbonyl (C=O) groups is 1. The summed E-state index contributed by atoms with van der Waals surface area (Å²) in [5.74, 6) is -0.824. The first kappa shape index (κ1) is 16.9. The van der Waals surface area contributed by atoms with Crippen molar-refractivity contribution in [3.8, 4) is 0 Å². The number of amides is 1. The molecule has 2 saturated heterocycles. The van der Waals surface area contributed by atoms with Crippen molar-refractivity contribution in [1.29, 1.82) is 0 Å². The van der Waals surface area contributed by atoms with E-state index in [1.807, 2.05) is 0 Å². The molecular formula is C14H14BrFN2O3S2. The van der Waals surface area contributed by atoms with Crippen LogP contribution in [-0.2, 0) is 14.6 Å². The van der Waals surface area contributed by atoms with Gasteiger partial charge < -0.3 is 4.90 Å². The van der Waals surface area contributed by atoms with E-state index < -0.39 is 21.7 Å². The highest BCUT2D eigenvalue weighted by molar-refractivity contribution is 9.10. The van der Waals surface area contributed by atoms with E-state index in [1.54, 1.807) is 24.0 Å². The van der Waals surface area contributed by atoms with Crippen molar-refractivity contribution in [3.63, 3.8) is 0 Å². The van der Waals surface area contributed by atoms with E-state index >= 15 is 0 Å². The number of benzene rings is 1. The molecular weight excluding hydrogens is 407 g/mol. The van der Waals surface area contributed by atoms with Crippen LogP contribution in [0.4, 0.5) is 10.1 Å². The highest BCUT2D eigenvalue weighted by Gasteiger charge is 2.49. The number of rotatable bonds is 2. The summed E-state index contributed by atoms with van der Waals surface area (Å²) >= 11 is 4.44. The number of halogens is 2. The molecule has 124 valence electrons. The summed E-state index contributed by atoms with van der Waals surface area (Å²) in [5.41, 5.74) is 0.243. The monoisotopic (exact) mass is 420 g/mol. The summed E-state index contributed by atoms with van der Waals surface area (Å²) in [7, 11) is -3.16. The van der Waals surface area contributed by atoms with Crippen LogP contribution >= 0.6 is 27.7 Å². The van der Waals surface area contributed by atoms with Crippen LogP contribution in [0.1, 0.15) is 13.3 Å². The number of fused-ring (bicyclic) bond motifs is 1. The summed E-state index contributed by atoms with van der Waals surface area (Å²) in [6.45, 7) is 1.70. The number of sulfone groups is 1. The molecule has 1 aromatic rings. The van der Waals surface area contributed by atoms with Gasteiger partial charge in [-0.05, 0) is 18.2 Å². The van der Waals surface area contributed by atoms with E-state index in [4.69, 9.17) is 0 Å². The van der Waals surface area contributed by atoms with E-state index in [0.717, 1.165) is 0 Å². The summed E-state index contributed by atoms with van der Waals surface area (Å²) in [4.78, 5) is 17.3. The third kappa shape index (κ3) is 3.32. The number of hydrogen-bond donors (Lipinski definition) is 0. The van der Waals surface area contributed by atoms with E-state index in [0.29, 0.717) is 9.64 Å². The zero-order valence-electron chi connectivity index (χ0n) is 12.2. The van der Waals surface area contributed by atoms with Crippen molar-refractivity contribution in [1.82, 2.24) is 0 Å². The first-order chi connectivity index (χ1) is 10.8. The fourth-order valence-electron chi connectivity index (χ4n) is 2.71. The quantitative estimate of drug-likeness (QED) is 0.735. The van der Waals surface area contributed by atoms with E-state index in [-0.39, 0.29) is 34.8 Å². The van der Waals surface area contributed by atoms with Crippen LogP contribution in [0.25, 0.3) is 0 Å². The average Bonchev–Trinajstić information content (AvgIpc) is 2.91. The first-order valence-corrected chi connectivity index (χ1v) is 10.5. The lowest BCUT2D eigenvalue weighted by Crippen LogP contribution is -2.38. The molecule has 0 spiro atoms. The summed E-state index contributed by atoms with van der Waals surface area (Å²) in [6, 6.07) is 4.16. The van der Waals surface area contributed by atoms with Crippen molar-refractivity contribution in [3.05, 3.63) is 28.5 Å². The normalized spacial score (nSPS) is 27.4. The van der Waals surface area contributed by atoms with Crippen molar-refractivity contribution in [2.45, 2.75) is 24.6 Å². The molecule has 2 heterocycles. The van der Waals surface area contributed by atoms with Gasteiger partial charge in [-0.3, -0.25) is 4.79 Å². The Hall–Kier alpha value is -0.930. The van der Waals surface area contributed by atoms with Gasteiger partial charge in [-0.1, -0.05) is 34.6 Å². The van der Waals surface area contributed by atoms with E-state index in [1.165, 1.54) is 17.8 Å². The molecule has 2 atom stereocenters. The van der Waals surface area contributed by atoms with Crippen LogP contribution in [0.3, 0.4) is 0 Å². The lowest BCUT2D eigenvalue weighted by atomic mass is 10.2. The number of hydrogen-bond acceptors (Lipinski definition) is 4. The lowest BCUT2D eigenvalue weighted by molar-refractivity contribution is -0.117. The van der Waals surface area contributed by atoms with Gasteiger partial charge in [-0.25, -0.2) is 12.8 Å². The standard InChI is InChI=1S/C14H14BrFN2O3S2/c1-2-13(19)17-14-18(10-4-3-8(15)5-9(10)16)11-6-23(20,21)7-12(11)22-14/h3-5,11-12H,2,6-7H2,1H3/t11-,12-/m1/s1. The van der Waals surface area contributed by atoms with Gasteiger partial charge in [0.15, 0.2) is 15.0 Å². The second-order valence-corrected chi connectivity index (χ2v) is 9.68. The van der Waals surface area contributed by atoms with Crippen LogP contribution in [0.2, 0.25) is 0 Å². The third-order valence-electron chi connectivity index (χ3n) is 3.76. The Kier molecular flexibility index (Phi) is 4.54. The summed E-state index contributed by atoms with van der Waals surface area (Å²) < 4.78 is 38.8. The number of thioether (sulfide) groups is 1. The predicted octanol–water partition coefficient (Wildman–Crippen LogP) is 2.60. The minimum absolute atomic E-state index is 0.0241. The number of nitrogens with zero attached hydrogens (tertiary/aromatic N) is 2. The average molecular weight is 421 g/mol. The van der Waals surface area contributed by atoms with Gasteiger partial charge in [0.05, 0.1) is 23.2 Å². The number of carbonyl (C=O) groups excluding carboxylic acids is 1. The predicted molar refractivity (Wildman–Crippen MR) is 93.1 cm³/mol. The minimum Gasteiger partial charge on any atom is -0.313 e. The van der Waals surface area contributed by atoms with Crippen molar-refractivity contribution >= 4 is 54.3 Å². The van der Waals surface area contributed by atoms with Gasteiger partial charge in [-0.15, -0.1) is 0 Å². The molecule has 0 aromatic heterocycles. The fraction of sp³-hybridized carbons (Fsp3) is 0.429. The maximum Gasteiger partial charge on any atom is 0.247 e. The first-order valence-electron chi connectivity index (χ1n) is 7.03. The Morgan fingerprint density at radius 3 is 2.87 bits per heavy atom. The lowest BCUT2D eigenvalue weighted by Gasteiger charge is -2.25. The second kappa shape index (κ2) is 6.18. The molecule has 0 radical (unpaired) electrons. The Morgan fingerprint density at radius 1 is 1.48 bits per heavy atom. The minimum atomic E-state index is -3.16. The van der Waals surface area contributed by atoms with Crippen molar-refractivity contribution in [2.24, 2.45) is 4.99 Å². The topological polar surface area (TPSA) is 66.8 Å². The maximum absolute atomic E-state index is 14.4. The number of aliphatic imine (C=N–C) groups is 1. The molecule has 1 amide bonds. The molecule has 3 rings (SSSR count).